The highest BCUT2D eigenvalue weighted by atomic mass is 35.5. The van der Waals surface area contributed by atoms with Crippen LogP contribution in [0.25, 0.3) is 0 Å². The van der Waals surface area contributed by atoms with Gasteiger partial charge < -0.3 is 0 Å². The molecule has 0 N–H and O–H groups in total. The van der Waals surface area contributed by atoms with Crippen molar-refractivity contribution in [1.29, 1.82) is 0 Å². The molecule has 0 saturated carbocycles. The van der Waals surface area contributed by atoms with E-state index in [1.54, 1.807) is 6.07 Å². The third kappa shape index (κ3) is 3.16. The third-order valence-corrected chi connectivity index (χ3v) is 3.17. The molecule has 4 heteroatoms. The van der Waals surface area contributed by atoms with Crippen LogP contribution >= 0.6 is 11.6 Å². The standard InChI is InChI=1S/C12H18ClN3/c1-9-4-3-5-16(7-9)8-12-14-10(2)6-11(13)15-12/h6,9H,3-5,7-8H2,1-2H3. The van der Waals surface area contributed by atoms with E-state index in [0.717, 1.165) is 37.1 Å². The summed E-state index contributed by atoms with van der Waals surface area (Å²) in [5, 5.41) is 0.549. The Labute approximate surface area is 102 Å². The Bertz CT molecular complexity index is 347. The lowest BCUT2D eigenvalue weighted by Crippen LogP contribution is -2.34. The monoisotopic (exact) mass is 239 g/mol. The van der Waals surface area contributed by atoms with Gasteiger partial charge in [-0.1, -0.05) is 18.5 Å². The molecule has 0 radical (unpaired) electrons. The second-order valence-electron chi connectivity index (χ2n) is 4.73. The Hall–Kier alpha value is -0.670. The molecule has 1 aliphatic rings. The molecular formula is C12H18ClN3. The van der Waals surface area contributed by atoms with Crippen molar-refractivity contribution in [2.24, 2.45) is 5.92 Å². The number of halogens is 1. The van der Waals surface area contributed by atoms with Crippen LogP contribution in [0.2, 0.25) is 5.15 Å². The van der Waals surface area contributed by atoms with Gasteiger partial charge in [0, 0.05) is 12.2 Å². The van der Waals surface area contributed by atoms with Crippen molar-refractivity contribution in [2.45, 2.75) is 33.2 Å². The van der Waals surface area contributed by atoms with E-state index < -0.39 is 0 Å². The molecule has 1 saturated heterocycles. The predicted octanol–water partition coefficient (Wildman–Crippen LogP) is 2.67. The first kappa shape index (κ1) is 11.8. The average molecular weight is 240 g/mol. The van der Waals surface area contributed by atoms with E-state index in [4.69, 9.17) is 11.6 Å². The van der Waals surface area contributed by atoms with Crippen LogP contribution in [-0.4, -0.2) is 28.0 Å². The number of piperidine rings is 1. The second-order valence-corrected chi connectivity index (χ2v) is 5.12. The van der Waals surface area contributed by atoms with Crippen LogP contribution in [0.15, 0.2) is 6.07 Å². The lowest BCUT2D eigenvalue weighted by molar-refractivity contribution is 0.173. The molecule has 3 nitrogen and oxygen atoms in total. The molecule has 0 spiro atoms. The molecular weight excluding hydrogens is 222 g/mol. The lowest BCUT2D eigenvalue weighted by Gasteiger charge is -2.30. The highest BCUT2D eigenvalue weighted by Crippen LogP contribution is 2.17. The Morgan fingerprint density at radius 1 is 1.50 bits per heavy atom. The van der Waals surface area contributed by atoms with Crippen LogP contribution in [0.5, 0.6) is 0 Å². The summed E-state index contributed by atoms with van der Waals surface area (Å²) in [5.74, 6) is 1.63. The third-order valence-electron chi connectivity index (χ3n) is 2.98. The van der Waals surface area contributed by atoms with Crippen LogP contribution in [0.4, 0.5) is 0 Å². The molecule has 0 amide bonds. The summed E-state index contributed by atoms with van der Waals surface area (Å²) in [5.41, 5.74) is 0.944. The Balaban J connectivity index is 2.02. The van der Waals surface area contributed by atoms with E-state index in [-0.39, 0.29) is 0 Å². The van der Waals surface area contributed by atoms with Crippen LogP contribution in [0.1, 0.15) is 31.3 Å². The quantitative estimate of drug-likeness (QED) is 0.743. The zero-order chi connectivity index (χ0) is 11.5. The van der Waals surface area contributed by atoms with Gasteiger partial charge >= 0.3 is 0 Å². The van der Waals surface area contributed by atoms with Gasteiger partial charge in [0.1, 0.15) is 11.0 Å². The minimum atomic E-state index is 0.549. The highest BCUT2D eigenvalue weighted by molar-refractivity contribution is 6.29. The number of rotatable bonds is 2. The van der Waals surface area contributed by atoms with E-state index in [1.165, 1.54) is 12.8 Å². The Kier molecular flexibility index (Phi) is 3.77. The predicted molar refractivity (Wildman–Crippen MR) is 65.5 cm³/mol. The van der Waals surface area contributed by atoms with Gasteiger partial charge in [0.2, 0.25) is 0 Å². The van der Waals surface area contributed by atoms with Crippen LogP contribution < -0.4 is 0 Å². The summed E-state index contributed by atoms with van der Waals surface area (Å²) in [6, 6.07) is 1.80. The topological polar surface area (TPSA) is 29.0 Å². The van der Waals surface area contributed by atoms with Crippen LogP contribution in [0.3, 0.4) is 0 Å². The van der Waals surface area contributed by atoms with Crippen molar-refractivity contribution in [1.82, 2.24) is 14.9 Å². The molecule has 0 aliphatic carbocycles. The number of nitrogens with zero attached hydrogens (tertiary/aromatic N) is 3. The summed E-state index contributed by atoms with van der Waals surface area (Å²) in [7, 11) is 0. The fraction of sp³-hybridized carbons (Fsp3) is 0.667. The maximum absolute atomic E-state index is 5.93. The lowest BCUT2D eigenvalue weighted by atomic mass is 10.0. The average Bonchev–Trinajstić information content (AvgIpc) is 2.15. The van der Waals surface area contributed by atoms with Crippen molar-refractivity contribution in [3.05, 3.63) is 22.7 Å². The van der Waals surface area contributed by atoms with E-state index in [0.29, 0.717) is 5.15 Å². The minimum absolute atomic E-state index is 0.549. The van der Waals surface area contributed by atoms with Gasteiger partial charge in [-0.05, 0) is 38.3 Å². The summed E-state index contributed by atoms with van der Waals surface area (Å²) in [6.45, 7) is 7.38. The maximum Gasteiger partial charge on any atom is 0.144 e. The van der Waals surface area contributed by atoms with Crippen molar-refractivity contribution >= 4 is 11.6 Å². The SMILES string of the molecule is Cc1cc(Cl)nc(CN2CCCC(C)C2)n1. The Morgan fingerprint density at radius 3 is 3.00 bits per heavy atom. The first-order chi connectivity index (χ1) is 7.63. The van der Waals surface area contributed by atoms with Gasteiger partial charge in [-0.2, -0.15) is 0 Å². The fourth-order valence-corrected chi connectivity index (χ4v) is 2.55. The van der Waals surface area contributed by atoms with Crippen molar-refractivity contribution in [3.8, 4) is 0 Å². The second kappa shape index (κ2) is 5.11. The Morgan fingerprint density at radius 2 is 2.31 bits per heavy atom. The number of hydrogen-bond acceptors (Lipinski definition) is 3. The highest BCUT2D eigenvalue weighted by Gasteiger charge is 2.17. The fourth-order valence-electron chi connectivity index (χ4n) is 2.29. The molecule has 1 aromatic heterocycles. The largest absolute Gasteiger partial charge is 0.296 e. The molecule has 1 fully saturated rings. The molecule has 1 atom stereocenters. The summed E-state index contributed by atoms with van der Waals surface area (Å²) in [4.78, 5) is 11.1. The molecule has 2 heterocycles. The number of hydrogen-bond donors (Lipinski definition) is 0. The molecule has 0 bridgehead atoms. The summed E-state index contributed by atoms with van der Waals surface area (Å²) >= 11 is 5.93. The van der Waals surface area contributed by atoms with E-state index in [1.807, 2.05) is 6.92 Å². The van der Waals surface area contributed by atoms with Gasteiger partial charge in [0.25, 0.3) is 0 Å². The maximum atomic E-state index is 5.93. The summed E-state index contributed by atoms with van der Waals surface area (Å²) < 4.78 is 0. The van der Waals surface area contributed by atoms with Gasteiger partial charge in [-0.3, -0.25) is 4.90 Å². The molecule has 2 rings (SSSR count). The molecule has 16 heavy (non-hydrogen) atoms. The van der Waals surface area contributed by atoms with Gasteiger partial charge in [-0.15, -0.1) is 0 Å². The molecule has 0 aromatic carbocycles. The first-order valence-corrected chi connectivity index (χ1v) is 6.23. The van der Waals surface area contributed by atoms with E-state index in [2.05, 4.69) is 21.8 Å². The normalized spacial score (nSPS) is 22.3. The smallest absolute Gasteiger partial charge is 0.144 e. The van der Waals surface area contributed by atoms with E-state index in [9.17, 15) is 0 Å². The van der Waals surface area contributed by atoms with Crippen LogP contribution in [-0.2, 0) is 6.54 Å². The van der Waals surface area contributed by atoms with Crippen LogP contribution in [0, 0.1) is 12.8 Å². The number of aromatic nitrogens is 2. The molecule has 88 valence electrons. The van der Waals surface area contributed by atoms with Gasteiger partial charge in [0.15, 0.2) is 0 Å². The zero-order valence-electron chi connectivity index (χ0n) is 9.91. The van der Waals surface area contributed by atoms with Gasteiger partial charge in [0.05, 0.1) is 6.54 Å². The molecule has 1 aliphatic heterocycles. The number of aryl methyl sites for hydroxylation is 1. The van der Waals surface area contributed by atoms with Crippen molar-refractivity contribution in [3.63, 3.8) is 0 Å². The summed E-state index contributed by atoms with van der Waals surface area (Å²) in [6.07, 6.45) is 2.62. The van der Waals surface area contributed by atoms with E-state index >= 15 is 0 Å². The molecule has 1 aromatic rings. The minimum Gasteiger partial charge on any atom is -0.296 e. The first-order valence-electron chi connectivity index (χ1n) is 5.86. The zero-order valence-corrected chi connectivity index (χ0v) is 10.7. The molecule has 1 unspecified atom stereocenters. The number of likely N-dealkylation sites (tertiary alicyclic amines) is 1. The van der Waals surface area contributed by atoms with Gasteiger partial charge in [-0.25, -0.2) is 9.97 Å². The van der Waals surface area contributed by atoms with Crippen molar-refractivity contribution < 1.29 is 0 Å². The van der Waals surface area contributed by atoms with Crippen molar-refractivity contribution in [2.75, 3.05) is 13.1 Å².